The molecule has 0 N–H and O–H groups in total. The quantitative estimate of drug-likeness (QED) is 0.747. The van der Waals surface area contributed by atoms with Crippen LogP contribution in [0, 0.1) is 5.92 Å². The van der Waals surface area contributed by atoms with Crippen LogP contribution in [0.15, 0.2) is 18.2 Å². The Labute approximate surface area is 120 Å². The standard InChI is InChI=1S/C16H22O4/c1-4-12(7-16(17)18-9-11(2)3)14-6-5-13-8-15(14)20-10-19-13/h5-6,8,11-12H,4,7,9-10H2,1-3H3. The van der Waals surface area contributed by atoms with E-state index >= 15 is 0 Å². The van der Waals surface area contributed by atoms with E-state index in [2.05, 4.69) is 6.92 Å². The van der Waals surface area contributed by atoms with Crippen LogP contribution in [0.1, 0.15) is 45.1 Å². The Morgan fingerprint density at radius 3 is 2.85 bits per heavy atom. The van der Waals surface area contributed by atoms with Crippen LogP contribution in [0.25, 0.3) is 0 Å². The number of benzene rings is 1. The molecule has 1 heterocycles. The minimum Gasteiger partial charge on any atom is -0.465 e. The number of fused-ring (bicyclic) bond motifs is 2. The molecule has 2 rings (SSSR count). The molecule has 1 atom stereocenters. The van der Waals surface area contributed by atoms with Gasteiger partial charge in [-0.2, -0.15) is 0 Å². The van der Waals surface area contributed by atoms with Gasteiger partial charge in [0.05, 0.1) is 13.0 Å². The molecule has 2 bridgehead atoms. The lowest BCUT2D eigenvalue weighted by Gasteiger charge is -2.23. The van der Waals surface area contributed by atoms with Gasteiger partial charge in [0.15, 0.2) is 0 Å². The van der Waals surface area contributed by atoms with Gasteiger partial charge in [0.1, 0.15) is 11.5 Å². The van der Waals surface area contributed by atoms with Crippen molar-refractivity contribution in [3.8, 4) is 11.5 Å². The van der Waals surface area contributed by atoms with E-state index in [-0.39, 0.29) is 18.7 Å². The van der Waals surface area contributed by atoms with Crippen molar-refractivity contribution in [2.24, 2.45) is 5.92 Å². The Morgan fingerprint density at radius 1 is 1.35 bits per heavy atom. The minimum absolute atomic E-state index is 0.122. The molecule has 1 aliphatic rings. The number of carbonyl (C=O) groups is 1. The molecule has 4 nitrogen and oxygen atoms in total. The van der Waals surface area contributed by atoms with Gasteiger partial charge < -0.3 is 14.2 Å². The van der Waals surface area contributed by atoms with E-state index in [0.717, 1.165) is 23.5 Å². The highest BCUT2D eigenvalue weighted by atomic mass is 16.7. The molecule has 0 saturated carbocycles. The highest BCUT2D eigenvalue weighted by Crippen LogP contribution is 2.36. The summed E-state index contributed by atoms with van der Waals surface area (Å²) in [5, 5.41) is 0. The fourth-order valence-electron chi connectivity index (χ4n) is 2.22. The summed E-state index contributed by atoms with van der Waals surface area (Å²) >= 11 is 0. The van der Waals surface area contributed by atoms with Crippen LogP contribution in [0.2, 0.25) is 0 Å². The van der Waals surface area contributed by atoms with Gasteiger partial charge in [-0.15, -0.1) is 0 Å². The first-order valence-electron chi connectivity index (χ1n) is 7.15. The number of hydrogen-bond donors (Lipinski definition) is 0. The number of ether oxygens (including phenoxy) is 3. The lowest BCUT2D eigenvalue weighted by molar-refractivity contribution is -0.145. The van der Waals surface area contributed by atoms with Crippen molar-refractivity contribution >= 4 is 5.97 Å². The maximum Gasteiger partial charge on any atom is 0.306 e. The zero-order valence-electron chi connectivity index (χ0n) is 12.3. The molecule has 110 valence electrons. The fraction of sp³-hybridized carbons (Fsp3) is 0.562. The molecule has 0 amide bonds. The van der Waals surface area contributed by atoms with Gasteiger partial charge >= 0.3 is 5.97 Å². The molecule has 0 aliphatic carbocycles. The molecular formula is C16H22O4. The van der Waals surface area contributed by atoms with Crippen LogP contribution in [0.5, 0.6) is 11.5 Å². The third-order valence-corrected chi connectivity index (χ3v) is 3.35. The second-order valence-corrected chi connectivity index (χ2v) is 5.49. The topological polar surface area (TPSA) is 44.8 Å². The first-order chi connectivity index (χ1) is 9.60. The SMILES string of the molecule is CCC(CC(=O)OCC(C)C)c1ccc2cc1OCO2. The highest BCUT2D eigenvalue weighted by Gasteiger charge is 2.21. The molecule has 4 heteroatoms. The predicted octanol–water partition coefficient (Wildman–Crippen LogP) is 3.50. The van der Waals surface area contributed by atoms with Crippen molar-refractivity contribution in [3.05, 3.63) is 23.8 Å². The van der Waals surface area contributed by atoms with Gasteiger partial charge in [0, 0.05) is 6.07 Å². The fourth-order valence-corrected chi connectivity index (χ4v) is 2.22. The molecule has 0 spiro atoms. The maximum atomic E-state index is 11.9. The van der Waals surface area contributed by atoms with Crippen LogP contribution in [-0.2, 0) is 9.53 Å². The van der Waals surface area contributed by atoms with Crippen molar-refractivity contribution in [2.45, 2.75) is 39.5 Å². The molecule has 0 fully saturated rings. The summed E-state index contributed by atoms with van der Waals surface area (Å²) in [7, 11) is 0. The largest absolute Gasteiger partial charge is 0.465 e. The predicted molar refractivity (Wildman–Crippen MR) is 76.0 cm³/mol. The van der Waals surface area contributed by atoms with E-state index < -0.39 is 0 Å². The van der Waals surface area contributed by atoms with Crippen LogP contribution < -0.4 is 9.47 Å². The van der Waals surface area contributed by atoms with Crippen LogP contribution in [-0.4, -0.2) is 19.4 Å². The average Bonchev–Trinajstić information content (AvgIpc) is 2.44. The molecule has 20 heavy (non-hydrogen) atoms. The van der Waals surface area contributed by atoms with E-state index in [0.29, 0.717) is 18.9 Å². The summed E-state index contributed by atoms with van der Waals surface area (Å²) in [6, 6.07) is 5.78. The van der Waals surface area contributed by atoms with Crippen molar-refractivity contribution in [1.82, 2.24) is 0 Å². The molecule has 1 unspecified atom stereocenters. The Bertz CT molecular complexity index is 468. The maximum absolute atomic E-state index is 11.9. The lowest BCUT2D eigenvalue weighted by Crippen LogP contribution is -2.16. The Balaban J connectivity index is 2.03. The molecule has 1 aliphatic heterocycles. The van der Waals surface area contributed by atoms with Crippen LogP contribution in [0.4, 0.5) is 0 Å². The van der Waals surface area contributed by atoms with Gasteiger partial charge in [-0.1, -0.05) is 26.8 Å². The van der Waals surface area contributed by atoms with E-state index in [1.54, 1.807) is 0 Å². The first kappa shape index (κ1) is 14.7. The number of carbonyl (C=O) groups excluding carboxylic acids is 1. The van der Waals surface area contributed by atoms with Crippen molar-refractivity contribution in [3.63, 3.8) is 0 Å². The lowest BCUT2D eigenvalue weighted by atomic mass is 9.92. The van der Waals surface area contributed by atoms with E-state index in [4.69, 9.17) is 14.2 Å². The van der Waals surface area contributed by atoms with Crippen molar-refractivity contribution < 1.29 is 19.0 Å². The summed E-state index contributed by atoms with van der Waals surface area (Å²) < 4.78 is 16.0. The molecule has 1 aromatic rings. The summed E-state index contributed by atoms with van der Waals surface area (Å²) in [5.74, 6) is 1.97. The Hall–Kier alpha value is -1.71. The number of hydrogen-bond acceptors (Lipinski definition) is 4. The first-order valence-corrected chi connectivity index (χ1v) is 7.15. The van der Waals surface area contributed by atoms with Crippen LogP contribution in [0.3, 0.4) is 0 Å². The van der Waals surface area contributed by atoms with Crippen molar-refractivity contribution in [1.29, 1.82) is 0 Å². The zero-order valence-corrected chi connectivity index (χ0v) is 12.3. The van der Waals surface area contributed by atoms with Gasteiger partial charge in [-0.05, 0) is 29.9 Å². The number of rotatable bonds is 6. The second-order valence-electron chi connectivity index (χ2n) is 5.49. The monoisotopic (exact) mass is 278 g/mol. The molecule has 1 aromatic carbocycles. The van der Waals surface area contributed by atoms with Crippen LogP contribution >= 0.6 is 0 Å². The van der Waals surface area contributed by atoms with Crippen molar-refractivity contribution in [2.75, 3.05) is 13.4 Å². The number of esters is 1. The van der Waals surface area contributed by atoms with E-state index in [9.17, 15) is 4.79 Å². The molecule has 0 aromatic heterocycles. The summed E-state index contributed by atoms with van der Waals surface area (Å²) in [6.07, 6.45) is 1.26. The third-order valence-electron chi connectivity index (χ3n) is 3.35. The molecule has 0 saturated heterocycles. The minimum atomic E-state index is -0.145. The smallest absolute Gasteiger partial charge is 0.306 e. The molecule has 0 radical (unpaired) electrons. The van der Waals surface area contributed by atoms with Gasteiger partial charge in [0.25, 0.3) is 0 Å². The average molecular weight is 278 g/mol. The van der Waals surface area contributed by atoms with E-state index in [1.807, 2.05) is 32.0 Å². The summed E-state index contributed by atoms with van der Waals surface area (Å²) in [6.45, 7) is 6.84. The van der Waals surface area contributed by atoms with Gasteiger partial charge in [-0.3, -0.25) is 4.79 Å². The Morgan fingerprint density at radius 2 is 2.15 bits per heavy atom. The summed E-state index contributed by atoms with van der Waals surface area (Å²) in [5.41, 5.74) is 1.06. The van der Waals surface area contributed by atoms with Gasteiger partial charge in [0.2, 0.25) is 6.79 Å². The third kappa shape index (κ3) is 3.65. The van der Waals surface area contributed by atoms with Gasteiger partial charge in [-0.25, -0.2) is 0 Å². The Kier molecular flexibility index (Phi) is 4.88. The normalized spacial score (nSPS) is 14.4. The highest BCUT2D eigenvalue weighted by molar-refractivity contribution is 5.71. The molecular weight excluding hydrogens is 256 g/mol. The summed E-state index contributed by atoms with van der Waals surface area (Å²) in [4.78, 5) is 11.9. The second kappa shape index (κ2) is 6.64. The van der Waals surface area contributed by atoms with E-state index in [1.165, 1.54) is 0 Å². The zero-order chi connectivity index (χ0) is 14.5.